The van der Waals surface area contributed by atoms with Gasteiger partial charge in [-0.2, -0.15) is 5.26 Å². The van der Waals surface area contributed by atoms with Gasteiger partial charge in [0.1, 0.15) is 5.82 Å². The normalized spacial score (nSPS) is 9.71. The Kier molecular flexibility index (Phi) is 5.64. The molecule has 0 aliphatic heterocycles. The van der Waals surface area contributed by atoms with Gasteiger partial charge in [-0.25, -0.2) is 4.39 Å². The van der Waals surface area contributed by atoms with Crippen molar-refractivity contribution in [2.45, 2.75) is 19.3 Å². The molecule has 0 unspecified atom stereocenters. The SMILES string of the molecule is N#CCCCCNC(=O)c1cccc(Br)c1F. The summed E-state index contributed by atoms with van der Waals surface area (Å²) in [4.78, 5) is 11.6. The lowest BCUT2D eigenvalue weighted by Gasteiger charge is -2.06. The van der Waals surface area contributed by atoms with E-state index in [4.69, 9.17) is 5.26 Å². The van der Waals surface area contributed by atoms with Gasteiger partial charge in [0, 0.05) is 13.0 Å². The highest BCUT2D eigenvalue weighted by Crippen LogP contribution is 2.18. The Morgan fingerprint density at radius 1 is 1.47 bits per heavy atom. The van der Waals surface area contributed by atoms with E-state index in [9.17, 15) is 9.18 Å². The van der Waals surface area contributed by atoms with Crippen LogP contribution >= 0.6 is 15.9 Å². The molecule has 0 radical (unpaired) electrons. The first kappa shape index (κ1) is 13.7. The van der Waals surface area contributed by atoms with Crippen LogP contribution in [0.25, 0.3) is 0 Å². The third-order valence-corrected chi connectivity index (χ3v) is 2.81. The first-order chi connectivity index (χ1) is 8.16. The molecular weight excluding hydrogens is 287 g/mol. The predicted molar refractivity (Wildman–Crippen MR) is 65.9 cm³/mol. The summed E-state index contributed by atoms with van der Waals surface area (Å²) >= 11 is 3.03. The van der Waals surface area contributed by atoms with Crippen molar-refractivity contribution in [2.24, 2.45) is 0 Å². The number of benzene rings is 1. The first-order valence-electron chi connectivity index (χ1n) is 5.26. The maximum absolute atomic E-state index is 13.5. The Morgan fingerprint density at radius 2 is 2.24 bits per heavy atom. The minimum absolute atomic E-state index is 0.0275. The summed E-state index contributed by atoms with van der Waals surface area (Å²) in [6.07, 6.45) is 1.92. The average molecular weight is 299 g/mol. The van der Waals surface area contributed by atoms with E-state index in [2.05, 4.69) is 21.2 Å². The van der Waals surface area contributed by atoms with Gasteiger partial charge in [0.15, 0.2) is 0 Å². The van der Waals surface area contributed by atoms with Crippen molar-refractivity contribution < 1.29 is 9.18 Å². The minimum Gasteiger partial charge on any atom is -0.352 e. The molecule has 0 atom stereocenters. The fraction of sp³-hybridized carbons (Fsp3) is 0.333. The van der Waals surface area contributed by atoms with Crippen LogP contribution < -0.4 is 5.32 Å². The number of halogens is 2. The molecule has 17 heavy (non-hydrogen) atoms. The molecule has 0 aliphatic carbocycles. The van der Waals surface area contributed by atoms with Crippen LogP contribution in [-0.4, -0.2) is 12.5 Å². The van der Waals surface area contributed by atoms with Gasteiger partial charge in [-0.3, -0.25) is 4.79 Å². The Balaban J connectivity index is 2.48. The van der Waals surface area contributed by atoms with Gasteiger partial charge in [-0.1, -0.05) is 6.07 Å². The van der Waals surface area contributed by atoms with Crippen molar-refractivity contribution in [3.05, 3.63) is 34.1 Å². The van der Waals surface area contributed by atoms with E-state index < -0.39 is 11.7 Å². The van der Waals surface area contributed by atoms with Gasteiger partial charge in [-0.15, -0.1) is 0 Å². The van der Waals surface area contributed by atoms with Crippen molar-refractivity contribution in [1.82, 2.24) is 5.32 Å². The number of carbonyl (C=O) groups excluding carboxylic acids is 1. The second kappa shape index (κ2) is 7.02. The van der Waals surface area contributed by atoms with E-state index in [-0.39, 0.29) is 10.0 Å². The summed E-state index contributed by atoms with van der Waals surface area (Å²) in [6, 6.07) is 6.61. The number of hydrogen-bond acceptors (Lipinski definition) is 2. The van der Waals surface area contributed by atoms with E-state index in [1.807, 2.05) is 6.07 Å². The summed E-state index contributed by atoms with van der Waals surface area (Å²) in [6.45, 7) is 0.451. The van der Waals surface area contributed by atoms with Crippen LogP contribution in [0.4, 0.5) is 4.39 Å². The number of nitriles is 1. The molecular formula is C12H12BrFN2O. The quantitative estimate of drug-likeness (QED) is 0.850. The first-order valence-corrected chi connectivity index (χ1v) is 6.05. The van der Waals surface area contributed by atoms with E-state index in [1.54, 1.807) is 12.1 Å². The molecule has 0 heterocycles. The van der Waals surface area contributed by atoms with Crippen molar-refractivity contribution in [1.29, 1.82) is 5.26 Å². The summed E-state index contributed by atoms with van der Waals surface area (Å²) in [5.74, 6) is -0.984. The Morgan fingerprint density at radius 3 is 2.94 bits per heavy atom. The van der Waals surface area contributed by atoms with E-state index >= 15 is 0 Å². The standard InChI is InChI=1S/C12H12BrFN2O/c13-10-6-4-5-9(11(10)14)12(17)16-8-3-1-2-7-15/h4-6H,1-3,8H2,(H,16,17). The van der Waals surface area contributed by atoms with Crippen LogP contribution in [0.5, 0.6) is 0 Å². The van der Waals surface area contributed by atoms with Crippen LogP contribution in [-0.2, 0) is 0 Å². The van der Waals surface area contributed by atoms with E-state index in [1.165, 1.54) is 6.07 Å². The van der Waals surface area contributed by atoms with Gasteiger partial charge in [0.25, 0.3) is 5.91 Å². The maximum Gasteiger partial charge on any atom is 0.254 e. The molecule has 0 saturated carbocycles. The molecule has 0 fully saturated rings. The monoisotopic (exact) mass is 298 g/mol. The number of nitrogens with zero attached hydrogens (tertiary/aromatic N) is 1. The Labute approximate surface area is 108 Å². The number of rotatable bonds is 5. The second-order valence-corrected chi connectivity index (χ2v) is 4.33. The van der Waals surface area contributed by atoms with Gasteiger partial charge >= 0.3 is 0 Å². The summed E-state index contributed by atoms with van der Waals surface area (Å²) < 4.78 is 13.8. The molecule has 0 spiro atoms. The van der Waals surface area contributed by atoms with Crippen molar-refractivity contribution in [2.75, 3.05) is 6.54 Å². The largest absolute Gasteiger partial charge is 0.352 e. The molecule has 1 aromatic rings. The zero-order valence-electron chi connectivity index (χ0n) is 9.17. The van der Waals surface area contributed by atoms with Gasteiger partial charge in [-0.05, 0) is 40.9 Å². The smallest absolute Gasteiger partial charge is 0.254 e. The van der Waals surface area contributed by atoms with Crippen molar-refractivity contribution in [3.63, 3.8) is 0 Å². The van der Waals surface area contributed by atoms with E-state index in [0.29, 0.717) is 13.0 Å². The predicted octanol–water partition coefficient (Wildman–Crippen LogP) is 3.01. The molecule has 1 aromatic carbocycles. The number of hydrogen-bond donors (Lipinski definition) is 1. The highest BCUT2D eigenvalue weighted by atomic mass is 79.9. The summed E-state index contributed by atoms with van der Waals surface area (Å²) in [5, 5.41) is 10.9. The molecule has 5 heteroatoms. The molecule has 1 amide bonds. The Bertz CT molecular complexity index is 443. The van der Waals surface area contributed by atoms with Crippen LogP contribution in [0.2, 0.25) is 0 Å². The lowest BCUT2D eigenvalue weighted by molar-refractivity contribution is 0.0949. The van der Waals surface area contributed by atoms with Gasteiger partial charge in [0.2, 0.25) is 0 Å². The van der Waals surface area contributed by atoms with Crippen LogP contribution in [0.15, 0.2) is 22.7 Å². The minimum atomic E-state index is -0.554. The topological polar surface area (TPSA) is 52.9 Å². The summed E-state index contributed by atoms with van der Waals surface area (Å²) in [7, 11) is 0. The molecule has 3 nitrogen and oxygen atoms in total. The molecule has 1 N–H and O–H groups in total. The molecule has 90 valence electrons. The van der Waals surface area contributed by atoms with Crippen molar-refractivity contribution >= 4 is 21.8 Å². The fourth-order valence-electron chi connectivity index (χ4n) is 1.31. The highest BCUT2D eigenvalue weighted by molar-refractivity contribution is 9.10. The van der Waals surface area contributed by atoms with Gasteiger partial charge < -0.3 is 5.32 Å². The number of nitrogens with one attached hydrogen (secondary N) is 1. The van der Waals surface area contributed by atoms with Crippen LogP contribution in [0.1, 0.15) is 29.6 Å². The second-order valence-electron chi connectivity index (χ2n) is 3.47. The van der Waals surface area contributed by atoms with Gasteiger partial charge in [0.05, 0.1) is 16.1 Å². The fourth-order valence-corrected chi connectivity index (χ4v) is 1.67. The molecule has 0 saturated heterocycles. The zero-order chi connectivity index (χ0) is 12.7. The third kappa shape index (κ3) is 4.16. The van der Waals surface area contributed by atoms with Crippen molar-refractivity contribution in [3.8, 4) is 6.07 Å². The lowest BCUT2D eigenvalue weighted by atomic mass is 10.2. The maximum atomic E-state index is 13.5. The van der Waals surface area contributed by atoms with E-state index in [0.717, 1.165) is 12.8 Å². The summed E-state index contributed by atoms with van der Waals surface area (Å²) in [5.41, 5.74) is 0.0275. The number of amides is 1. The average Bonchev–Trinajstić information content (AvgIpc) is 2.32. The van der Waals surface area contributed by atoms with Crippen LogP contribution in [0.3, 0.4) is 0 Å². The molecule has 0 bridgehead atoms. The lowest BCUT2D eigenvalue weighted by Crippen LogP contribution is -2.25. The number of unbranched alkanes of at least 4 members (excludes halogenated alkanes) is 2. The third-order valence-electron chi connectivity index (χ3n) is 2.20. The molecule has 0 aliphatic rings. The molecule has 0 aromatic heterocycles. The Hall–Kier alpha value is -1.41. The number of carbonyl (C=O) groups is 1. The molecule has 1 rings (SSSR count). The van der Waals surface area contributed by atoms with Crippen LogP contribution in [0, 0.1) is 17.1 Å². The zero-order valence-corrected chi connectivity index (χ0v) is 10.8. The highest BCUT2D eigenvalue weighted by Gasteiger charge is 2.12.